The number of fused-ring (bicyclic) bond motifs is 7. The molecule has 1 nitrogen and oxygen atoms in total. The number of thiophene rings is 2. The van der Waals surface area contributed by atoms with Crippen molar-refractivity contribution >= 4 is 90.9 Å². The summed E-state index contributed by atoms with van der Waals surface area (Å²) in [6.45, 7) is 0. The Balaban J connectivity index is 1.11. The third-order valence-electron chi connectivity index (χ3n) is 10.9. The minimum atomic E-state index is 1.11. The van der Waals surface area contributed by atoms with Crippen LogP contribution in [-0.4, -0.2) is 0 Å². The normalized spacial score (nSPS) is 11.6. The van der Waals surface area contributed by atoms with Gasteiger partial charge >= 0.3 is 0 Å². The molecule has 0 aliphatic carbocycles. The summed E-state index contributed by atoms with van der Waals surface area (Å²) in [5.41, 5.74) is 10.5. The van der Waals surface area contributed by atoms with Crippen LogP contribution < -0.4 is 4.90 Å². The van der Waals surface area contributed by atoms with E-state index in [1.807, 2.05) is 22.7 Å². The Kier molecular flexibility index (Phi) is 7.61. The molecule has 11 rings (SSSR count). The molecule has 3 heteroatoms. The first-order valence-corrected chi connectivity index (χ1v) is 20.3. The Morgan fingerprint density at radius 2 is 0.818 bits per heavy atom. The van der Waals surface area contributed by atoms with Crippen molar-refractivity contribution in [1.82, 2.24) is 0 Å². The first-order chi connectivity index (χ1) is 27.2. The molecule has 0 unspecified atom stereocenters. The fourth-order valence-electron chi connectivity index (χ4n) is 8.12. The van der Waals surface area contributed by atoms with Crippen LogP contribution in [0, 0.1) is 0 Å². The van der Waals surface area contributed by atoms with Gasteiger partial charge in [-0.2, -0.15) is 0 Å². The molecule has 2 heterocycles. The van der Waals surface area contributed by atoms with Crippen LogP contribution in [0.25, 0.3) is 84.5 Å². The molecule has 9 aromatic carbocycles. The average molecular weight is 736 g/mol. The van der Waals surface area contributed by atoms with Gasteiger partial charge in [-0.15, -0.1) is 22.7 Å². The number of nitrogens with zero attached hydrogens (tertiary/aromatic N) is 1. The molecule has 0 aliphatic heterocycles. The second-order valence-corrected chi connectivity index (χ2v) is 16.3. The van der Waals surface area contributed by atoms with E-state index in [9.17, 15) is 0 Å². The number of hydrogen-bond donors (Lipinski definition) is 0. The summed E-state index contributed by atoms with van der Waals surface area (Å²) >= 11 is 3.72. The highest BCUT2D eigenvalue weighted by atomic mass is 32.1. The summed E-state index contributed by atoms with van der Waals surface area (Å²) in [5.74, 6) is 0. The highest BCUT2D eigenvalue weighted by Crippen LogP contribution is 2.46. The monoisotopic (exact) mass is 735 g/mol. The molecule has 11 aromatic rings. The molecule has 0 spiro atoms. The molecule has 0 saturated heterocycles. The summed E-state index contributed by atoms with van der Waals surface area (Å²) < 4.78 is 5.26. The van der Waals surface area contributed by atoms with E-state index in [-0.39, 0.29) is 0 Å². The van der Waals surface area contributed by atoms with E-state index in [0.717, 1.165) is 17.1 Å². The molecule has 0 amide bonds. The van der Waals surface area contributed by atoms with Crippen LogP contribution in [0.1, 0.15) is 0 Å². The fourth-order valence-corrected chi connectivity index (χ4v) is 10.3. The Morgan fingerprint density at radius 3 is 1.58 bits per heavy atom. The van der Waals surface area contributed by atoms with Gasteiger partial charge in [0, 0.05) is 57.3 Å². The van der Waals surface area contributed by atoms with E-state index >= 15 is 0 Å². The van der Waals surface area contributed by atoms with Gasteiger partial charge in [-0.25, -0.2) is 0 Å². The van der Waals surface area contributed by atoms with Gasteiger partial charge in [0.25, 0.3) is 0 Å². The fraction of sp³-hybridized carbons (Fsp3) is 0. The van der Waals surface area contributed by atoms with Crippen LogP contribution in [0.5, 0.6) is 0 Å². The van der Waals surface area contributed by atoms with Crippen LogP contribution in [-0.2, 0) is 0 Å². The zero-order valence-electron chi connectivity index (χ0n) is 29.8. The summed E-state index contributed by atoms with van der Waals surface area (Å²) in [4.78, 5) is 2.46. The topological polar surface area (TPSA) is 3.24 Å². The molecule has 55 heavy (non-hydrogen) atoms. The van der Waals surface area contributed by atoms with Gasteiger partial charge < -0.3 is 4.90 Å². The third-order valence-corrected chi connectivity index (χ3v) is 13.2. The maximum Gasteiger partial charge on any atom is 0.0546 e. The van der Waals surface area contributed by atoms with Gasteiger partial charge in [-0.05, 0) is 105 Å². The molecule has 0 bridgehead atoms. The predicted molar refractivity (Wildman–Crippen MR) is 241 cm³/mol. The summed E-state index contributed by atoms with van der Waals surface area (Å²) in [5, 5.41) is 7.70. The van der Waals surface area contributed by atoms with Crippen molar-refractivity contribution in [2.45, 2.75) is 0 Å². The van der Waals surface area contributed by atoms with Crippen LogP contribution in [0.3, 0.4) is 0 Å². The maximum absolute atomic E-state index is 2.46. The molecule has 0 aliphatic rings. The molecular weight excluding hydrogens is 703 g/mol. The van der Waals surface area contributed by atoms with E-state index in [4.69, 9.17) is 0 Å². The predicted octanol–water partition coefficient (Wildman–Crippen LogP) is 16.0. The molecule has 0 radical (unpaired) electrons. The largest absolute Gasteiger partial charge is 0.310 e. The van der Waals surface area contributed by atoms with Crippen LogP contribution in [0.4, 0.5) is 17.1 Å². The lowest BCUT2D eigenvalue weighted by Gasteiger charge is -2.29. The minimum Gasteiger partial charge on any atom is -0.310 e. The number of rotatable bonds is 6. The highest BCUT2D eigenvalue weighted by molar-refractivity contribution is 7.26. The van der Waals surface area contributed by atoms with E-state index in [0.29, 0.717) is 0 Å². The van der Waals surface area contributed by atoms with Crippen LogP contribution in [0.15, 0.2) is 200 Å². The van der Waals surface area contributed by atoms with E-state index in [1.165, 1.54) is 84.5 Å². The smallest absolute Gasteiger partial charge is 0.0546 e. The lowest BCUT2D eigenvalue weighted by Crippen LogP contribution is -2.11. The highest BCUT2D eigenvalue weighted by Gasteiger charge is 2.20. The van der Waals surface area contributed by atoms with E-state index < -0.39 is 0 Å². The number of anilines is 3. The lowest BCUT2D eigenvalue weighted by atomic mass is 9.95. The standard InChI is InChI=1S/C52H33NS2/c1-2-11-36(12-3-1)43-27-22-40(38-19-18-34-10-4-5-13-37(34)30-38)32-48(43)53(42-26-29-52-47(33-42)45-15-7-9-17-50(45)55-52)41-24-20-35(21-25-41)39-23-28-51-46(31-39)44-14-6-8-16-49(44)54-51/h1-33H. The molecule has 0 N–H and O–H groups in total. The summed E-state index contributed by atoms with van der Waals surface area (Å²) in [7, 11) is 0. The molecular formula is C52H33NS2. The molecule has 2 aromatic heterocycles. The summed E-state index contributed by atoms with van der Waals surface area (Å²) in [6, 6.07) is 73.7. The van der Waals surface area contributed by atoms with Gasteiger partial charge in [0.05, 0.1) is 5.69 Å². The quantitative estimate of drug-likeness (QED) is 0.164. The second-order valence-electron chi connectivity index (χ2n) is 14.1. The van der Waals surface area contributed by atoms with E-state index in [1.54, 1.807) is 0 Å². The van der Waals surface area contributed by atoms with Crippen molar-refractivity contribution in [2.24, 2.45) is 0 Å². The van der Waals surface area contributed by atoms with E-state index in [2.05, 4.69) is 205 Å². The average Bonchev–Trinajstić information content (AvgIpc) is 3.82. The Morgan fingerprint density at radius 1 is 0.291 bits per heavy atom. The van der Waals surface area contributed by atoms with Crippen molar-refractivity contribution in [3.05, 3.63) is 200 Å². The lowest BCUT2D eigenvalue weighted by molar-refractivity contribution is 1.29. The van der Waals surface area contributed by atoms with Crippen molar-refractivity contribution in [1.29, 1.82) is 0 Å². The maximum atomic E-state index is 2.46. The van der Waals surface area contributed by atoms with Gasteiger partial charge in [0.15, 0.2) is 0 Å². The molecule has 0 atom stereocenters. The molecule has 0 fully saturated rings. The minimum absolute atomic E-state index is 1.11. The van der Waals surface area contributed by atoms with Gasteiger partial charge in [-0.1, -0.05) is 133 Å². The van der Waals surface area contributed by atoms with Gasteiger partial charge in [0.2, 0.25) is 0 Å². The molecule has 258 valence electrons. The zero-order valence-corrected chi connectivity index (χ0v) is 31.4. The van der Waals surface area contributed by atoms with Crippen molar-refractivity contribution in [3.8, 4) is 33.4 Å². The van der Waals surface area contributed by atoms with Crippen LogP contribution in [0.2, 0.25) is 0 Å². The Bertz CT molecular complexity index is 3210. The van der Waals surface area contributed by atoms with Crippen molar-refractivity contribution < 1.29 is 0 Å². The van der Waals surface area contributed by atoms with Gasteiger partial charge in [0.1, 0.15) is 0 Å². The molecule has 0 saturated carbocycles. The number of benzene rings is 9. The second kappa shape index (κ2) is 13.1. The van der Waals surface area contributed by atoms with Crippen molar-refractivity contribution in [3.63, 3.8) is 0 Å². The Hall–Kier alpha value is -6.52. The zero-order chi connectivity index (χ0) is 36.3. The summed E-state index contributed by atoms with van der Waals surface area (Å²) in [6.07, 6.45) is 0. The first-order valence-electron chi connectivity index (χ1n) is 18.7. The van der Waals surface area contributed by atoms with Gasteiger partial charge in [-0.3, -0.25) is 0 Å². The number of hydrogen-bond acceptors (Lipinski definition) is 3. The SMILES string of the molecule is c1ccc(-c2ccc(-c3ccc4ccccc4c3)cc2N(c2ccc(-c3ccc4sc5ccccc5c4c3)cc2)c2ccc3sc4ccccc4c3c2)cc1. The third kappa shape index (κ3) is 5.60. The Labute approximate surface area is 327 Å². The van der Waals surface area contributed by atoms with Crippen LogP contribution >= 0.6 is 22.7 Å². The first kappa shape index (κ1) is 32.0. The van der Waals surface area contributed by atoms with Crippen molar-refractivity contribution in [2.75, 3.05) is 4.90 Å².